The second kappa shape index (κ2) is 6.43. The van der Waals surface area contributed by atoms with Crippen molar-refractivity contribution in [2.75, 3.05) is 52.2 Å². The highest BCUT2D eigenvalue weighted by Gasteiger charge is 2.18. The Morgan fingerprint density at radius 2 is 1.95 bits per heavy atom. The number of rotatable bonds is 4. The molecule has 5 nitrogen and oxygen atoms in total. The summed E-state index contributed by atoms with van der Waals surface area (Å²) in [5.41, 5.74) is 0.854. The summed E-state index contributed by atoms with van der Waals surface area (Å²) in [5, 5.41) is 3.14. The molecule has 1 aliphatic rings. The number of hydrogen-bond donors (Lipinski definition) is 1. The summed E-state index contributed by atoms with van der Waals surface area (Å²) in [4.78, 5) is 16.2. The lowest BCUT2D eigenvalue weighted by Crippen LogP contribution is -2.48. The highest BCUT2D eigenvalue weighted by molar-refractivity contribution is 5.81. The standard InChI is InChI=1S/C14H21N3O2/c1-16-7-9-17(10-8-16)14(18)11-15-12-5-3-4-6-13(12)19-2/h3-6,15H,7-11H2,1-2H3. The lowest BCUT2D eigenvalue weighted by atomic mass is 10.3. The van der Waals surface area contributed by atoms with Crippen molar-refractivity contribution in [2.24, 2.45) is 0 Å². The number of nitrogens with zero attached hydrogens (tertiary/aromatic N) is 2. The minimum Gasteiger partial charge on any atom is -0.495 e. The molecule has 0 aliphatic carbocycles. The van der Waals surface area contributed by atoms with Crippen molar-refractivity contribution >= 4 is 11.6 Å². The van der Waals surface area contributed by atoms with E-state index >= 15 is 0 Å². The summed E-state index contributed by atoms with van der Waals surface area (Å²) in [6, 6.07) is 7.62. The van der Waals surface area contributed by atoms with Crippen molar-refractivity contribution in [1.82, 2.24) is 9.80 Å². The van der Waals surface area contributed by atoms with Crippen LogP contribution in [0.15, 0.2) is 24.3 Å². The van der Waals surface area contributed by atoms with Gasteiger partial charge in [0.05, 0.1) is 19.3 Å². The first-order chi connectivity index (χ1) is 9.20. The quantitative estimate of drug-likeness (QED) is 0.876. The number of likely N-dealkylation sites (N-methyl/N-ethyl adjacent to an activating group) is 1. The molecule has 0 unspecified atom stereocenters. The van der Waals surface area contributed by atoms with Gasteiger partial charge in [0.15, 0.2) is 0 Å². The van der Waals surface area contributed by atoms with E-state index in [0.29, 0.717) is 6.54 Å². The second-order valence-corrected chi connectivity index (χ2v) is 4.74. The Hall–Kier alpha value is -1.75. The van der Waals surface area contributed by atoms with Crippen LogP contribution in [0, 0.1) is 0 Å². The predicted molar refractivity (Wildman–Crippen MR) is 75.6 cm³/mol. The van der Waals surface area contributed by atoms with Crippen LogP contribution in [0.2, 0.25) is 0 Å². The number of para-hydroxylation sites is 2. The number of carbonyl (C=O) groups is 1. The molecule has 1 amide bonds. The molecule has 0 saturated carbocycles. The Bertz CT molecular complexity index is 428. The average Bonchev–Trinajstić information content (AvgIpc) is 2.45. The Labute approximate surface area is 114 Å². The van der Waals surface area contributed by atoms with Crippen LogP contribution in [-0.2, 0) is 4.79 Å². The van der Waals surface area contributed by atoms with Crippen LogP contribution >= 0.6 is 0 Å². The van der Waals surface area contributed by atoms with Gasteiger partial charge in [0.2, 0.25) is 5.91 Å². The molecule has 19 heavy (non-hydrogen) atoms. The van der Waals surface area contributed by atoms with Gasteiger partial charge in [0, 0.05) is 26.2 Å². The number of anilines is 1. The Morgan fingerprint density at radius 1 is 1.26 bits per heavy atom. The Balaban J connectivity index is 1.86. The van der Waals surface area contributed by atoms with Gasteiger partial charge in [-0.05, 0) is 19.2 Å². The largest absolute Gasteiger partial charge is 0.495 e. The third-order valence-corrected chi connectivity index (χ3v) is 3.39. The number of nitrogens with one attached hydrogen (secondary N) is 1. The third-order valence-electron chi connectivity index (χ3n) is 3.39. The fraction of sp³-hybridized carbons (Fsp3) is 0.500. The molecule has 0 radical (unpaired) electrons. The minimum absolute atomic E-state index is 0.138. The van der Waals surface area contributed by atoms with Crippen molar-refractivity contribution < 1.29 is 9.53 Å². The van der Waals surface area contributed by atoms with Gasteiger partial charge < -0.3 is 19.9 Å². The van der Waals surface area contributed by atoms with E-state index in [0.717, 1.165) is 37.6 Å². The van der Waals surface area contributed by atoms with E-state index in [4.69, 9.17) is 4.74 Å². The Morgan fingerprint density at radius 3 is 2.63 bits per heavy atom. The van der Waals surface area contributed by atoms with Crippen molar-refractivity contribution in [3.05, 3.63) is 24.3 Å². The molecule has 0 spiro atoms. The minimum atomic E-state index is 0.138. The second-order valence-electron chi connectivity index (χ2n) is 4.74. The van der Waals surface area contributed by atoms with Gasteiger partial charge in [0.1, 0.15) is 5.75 Å². The summed E-state index contributed by atoms with van der Waals surface area (Å²) >= 11 is 0. The van der Waals surface area contributed by atoms with E-state index in [9.17, 15) is 4.79 Å². The first-order valence-electron chi connectivity index (χ1n) is 6.54. The molecule has 104 valence electrons. The number of ether oxygens (including phenoxy) is 1. The fourth-order valence-electron chi connectivity index (χ4n) is 2.13. The Kier molecular flexibility index (Phi) is 4.63. The molecule has 2 rings (SSSR count). The van der Waals surface area contributed by atoms with Crippen LogP contribution in [0.1, 0.15) is 0 Å². The number of hydrogen-bond acceptors (Lipinski definition) is 4. The van der Waals surface area contributed by atoms with E-state index in [1.54, 1.807) is 7.11 Å². The third kappa shape index (κ3) is 3.61. The first-order valence-corrected chi connectivity index (χ1v) is 6.54. The topological polar surface area (TPSA) is 44.8 Å². The zero-order valence-corrected chi connectivity index (χ0v) is 11.6. The zero-order valence-electron chi connectivity index (χ0n) is 11.6. The summed E-state index contributed by atoms with van der Waals surface area (Å²) in [5.74, 6) is 0.896. The number of amides is 1. The van der Waals surface area contributed by atoms with Gasteiger partial charge in [0.25, 0.3) is 0 Å². The maximum atomic E-state index is 12.1. The molecular weight excluding hydrogens is 242 g/mol. The van der Waals surface area contributed by atoms with E-state index in [2.05, 4.69) is 17.3 Å². The number of methoxy groups -OCH3 is 1. The normalized spacial score (nSPS) is 16.2. The van der Waals surface area contributed by atoms with Gasteiger partial charge in [-0.2, -0.15) is 0 Å². The van der Waals surface area contributed by atoms with Crippen molar-refractivity contribution in [2.45, 2.75) is 0 Å². The van der Waals surface area contributed by atoms with Crippen LogP contribution in [0.3, 0.4) is 0 Å². The van der Waals surface area contributed by atoms with Gasteiger partial charge >= 0.3 is 0 Å². The molecule has 1 N–H and O–H groups in total. The SMILES string of the molecule is COc1ccccc1NCC(=O)N1CCN(C)CC1. The lowest BCUT2D eigenvalue weighted by Gasteiger charge is -2.32. The van der Waals surface area contributed by atoms with Gasteiger partial charge in [-0.25, -0.2) is 0 Å². The lowest BCUT2D eigenvalue weighted by molar-refractivity contribution is -0.130. The summed E-state index contributed by atoms with van der Waals surface area (Å²) < 4.78 is 5.24. The fourth-order valence-corrected chi connectivity index (χ4v) is 2.13. The van der Waals surface area contributed by atoms with Gasteiger partial charge in [-0.15, -0.1) is 0 Å². The molecule has 1 aromatic carbocycles. The van der Waals surface area contributed by atoms with E-state index in [1.807, 2.05) is 29.2 Å². The smallest absolute Gasteiger partial charge is 0.241 e. The summed E-state index contributed by atoms with van der Waals surface area (Å²) in [6.07, 6.45) is 0. The molecule has 0 aromatic heterocycles. The van der Waals surface area contributed by atoms with Crippen LogP contribution < -0.4 is 10.1 Å². The maximum absolute atomic E-state index is 12.1. The van der Waals surface area contributed by atoms with Crippen LogP contribution in [0.5, 0.6) is 5.75 Å². The first kappa shape index (κ1) is 13.7. The van der Waals surface area contributed by atoms with Crippen LogP contribution in [0.25, 0.3) is 0 Å². The molecule has 0 atom stereocenters. The molecule has 1 aliphatic heterocycles. The van der Waals surface area contributed by atoms with Gasteiger partial charge in [-0.1, -0.05) is 12.1 Å². The van der Waals surface area contributed by atoms with Crippen molar-refractivity contribution in [3.63, 3.8) is 0 Å². The van der Waals surface area contributed by atoms with E-state index < -0.39 is 0 Å². The summed E-state index contributed by atoms with van der Waals surface area (Å²) in [7, 11) is 3.71. The molecule has 1 saturated heterocycles. The maximum Gasteiger partial charge on any atom is 0.241 e. The van der Waals surface area contributed by atoms with E-state index in [1.165, 1.54) is 0 Å². The highest BCUT2D eigenvalue weighted by Crippen LogP contribution is 2.22. The predicted octanol–water partition coefficient (Wildman–Crippen LogP) is 0.881. The van der Waals surface area contributed by atoms with E-state index in [-0.39, 0.29) is 5.91 Å². The molecule has 5 heteroatoms. The molecule has 1 aromatic rings. The zero-order chi connectivity index (χ0) is 13.7. The summed E-state index contributed by atoms with van der Waals surface area (Å²) in [6.45, 7) is 3.82. The van der Waals surface area contributed by atoms with Crippen molar-refractivity contribution in [3.8, 4) is 5.75 Å². The number of benzene rings is 1. The molecular formula is C14H21N3O2. The number of carbonyl (C=O) groups excluding carboxylic acids is 1. The molecule has 1 heterocycles. The monoisotopic (exact) mass is 263 g/mol. The van der Waals surface area contributed by atoms with Crippen molar-refractivity contribution in [1.29, 1.82) is 0 Å². The van der Waals surface area contributed by atoms with Crippen LogP contribution in [0.4, 0.5) is 5.69 Å². The highest BCUT2D eigenvalue weighted by atomic mass is 16.5. The number of piperazine rings is 1. The average molecular weight is 263 g/mol. The molecule has 0 bridgehead atoms. The molecule has 1 fully saturated rings. The van der Waals surface area contributed by atoms with Gasteiger partial charge in [-0.3, -0.25) is 4.79 Å². The van der Waals surface area contributed by atoms with Crippen LogP contribution in [-0.4, -0.2) is 62.6 Å².